The Morgan fingerprint density at radius 1 is 1.20 bits per heavy atom. The monoisotopic (exact) mass is 340 g/mol. The van der Waals surface area contributed by atoms with Gasteiger partial charge >= 0.3 is 0 Å². The molecule has 5 heteroatoms. The number of hydrogen-bond donors (Lipinski definition) is 2. The number of anilines is 1. The molecule has 1 heterocycles. The number of rotatable bonds is 6. The van der Waals surface area contributed by atoms with Crippen LogP contribution in [-0.2, 0) is 0 Å². The number of nitrogens with one attached hydrogen (secondary N) is 1. The number of carbonyl (C=O) groups excluding carboxylic acids is 1. The summed E-state index contributed by atoms with van der Waals surface area (Å²) in [6, 6.07) is 17.2. The molecule has 1 unspecified atom stereocenters. The highest BCUT2D eigenvalue weighted by Gasteiger charge is 2.23. The molecule has 5 nitrogen and oxygen atoms in total. The minimum absolute atomic E-state index is 0.0251. The van der Waals surface area contributed by atoms with E-state index < -0.39 is 6.10 Å². The van der Waals surface area contributed by atoms with Crippen LogP contribution in [0.4, 0.5) is 5.69 Å². The topological polar surface area (TPSA) is 61.8 Å². The molecule has 2 aromatic rings. The van der Waals surface area contributed by atoms with Gasteiger partial charge in [-0.15, -0.1) is 0 Å². The van der Waals surface area contributed by atoms with E-state index in [9.17, 15) is 9.90 Å². The fraction of sp³-hybridized carbons (Fsp3) is 0.350. The highest BCUT2D eigenvalue weighted by Crippen LogP contribution is 2.17. The van der Waals surface area contributed by atoms with Crippen LogP contribution in [0.25, 0.3) is 0 Å². The molecular weight excluding hydrogens is 316 g/mol. The summed E-state index contributed by atoms with van der Waals surface area (Å²) in [6.07, 6.45) is 1.21. The zero-order chi connectivity index (χ0) is 17.5. The van der Waals surface area contributed by atoms with Crippen LogP contribution in [0.15, 0.2) is 54.6 Å². The Hall–Kier alpha value is -2.53. The van der Waals surface area contributed by atoms with Gasteiger partial charge in [0, 0.05) is 30.9 Å². The van der Waals surface area contributed by atoms with Crippen molar-refractivity contribution >= 4 is 11.6 Å². The van der Waals surface area contributed by atoms with Gasteiger partial charge in [0.1, 0.15) is 12.4 Å². The zero-order valence-electron chi connectivity index (χ0n) is 14.2. The lowest BCUT2D eigenvalue weighted by Crippen LogP contribution is -2.42. The third-order valence-electron chi connectivity index (χ3n) is 4.24. The maximum Gasteiger partial charge on any atom is 0.254 e. The van der Waals surface area contributed by atoms with E-state index in [0.717, 1.165) is 24.3 Å². The molecule has 1 atom stereocenters. The average Bonchev–Trinajstić information content (AvgIpc) is 2.66. The number of nitrogens with zero attached hydrogens (tertiary/aromatic N) is 1. The largest absolute Gasteiger partial charge is 0.492 e. The maximum atomic E-state index is 12.6. The summed E-state index contributed by atoms with van der Waals surface area (Å²) >= 11 is 0. The van der Waals surface area contributed by atoms with Crippen LogP contribution in [-0.4, -0.2) is 48.3 Å². The first-order valence-electron chi connectivity index (χ1n) is 8.71. The molecule has 0 radical (unpaired) electrons. The molecule has 0 spiro atoms. The summed E-state index contributed by atoms with van der Waals surface area (Å²) < 4.78 is 5.65. The van der Waals surface area contributed by atoms with Crippen LogP contribution in [0.3, 0.4) is 0 Å². The van der Waals surface area contributed by atoms with Gasteiger partial charge in [-0.05, 0) is 43.2 Å². The molecule has 1 fully saturated rings. The molecule has 132 valence electrons. The number of piperidine rings is 1. The van der Waals surface area contributed by atoms with Crippen LogP contribution < -0.4 is 10.1 Å². The number of carbonyl (C=O) groups is 1. The highest BCUT2D eigenvalue weighted by molar-refractivity contribution is 5.95. The van der Waals surface area contributed by atoms with Gasteiger partial charge < -0.3 is 20.1 Å². The first-order chi connectivity index (χ1) is 12.2. The molecule has 1 saturated heterocycles. The van der Waals surface area contributed by atoms with Gasteiger partial charge in [0.2, 0.25) is 0 Å². The molecule has 0 aliphatic carbocycles. The molecule has 1 aliphatic rings. The number of aliphatic hydroxyl groups is 1. The van der Waals surface area contributed by atoms with Gasteiger partial charge in [-0.1, -0.05) is 24.3 Å². The summed E-state index contributed by atoms with van der Waals surface area (Å²) in [7, 11) is 0. The Morgan fingerprint density at radius 3 is 2.84 bits per heavy atom. The van der Waals surface area contributed by atoms with Crippen LogP contribution in [0.5, 0.6) is 5.75 Å². The Kier molecular flexibility index (Phi) is 5.90. The normalized spacial score (nSPS) is 17.2. The molecule has 1 aliphatic heterocycles. The van der Waals surface area contributed by atoms with Crippen LogP contribution in [0.1, 0.15) is 23.2 Å². The van der Waals surface area contributed by atoms with E-state index in [1.807, 2.05) is 54.6 Å². The summed E-state index contributed by atoms with van der Waals surface area (Å²) in [5.74, 6) is 0.819. The van der Waals surface area contributed by atoms with Crippen molar-refractivity contribution in [1.82, 2.24) is 4.90 Å². The van der Waals surface area contributed by atoms with Crippen molar-refractivity contribution in [2.24, 2.45) is 0 Å². The zero-order valence-corrected chi connectivity index (χ0v) is 14.2. The second-order valence-corrected chi connectivity index (χ2v) is 6.22. The number of likely N-dealkylation sites (tertiary alicyclic amines) is 1. The summed E-state index contributed by atoms with van der Waals surface area (Å²) in [6.45, 7) is 2.31. The van der Waals surface area contributed by atoms with Crippen LogP contribution in [0, 0.1) is 0 Å². The number of β-amino-alcohol motifs (C(OH)–C–C–N with tert-alkyl or cyclic N) is 1. The Balaban J connectivity index is 1.51. The number of ether oxygens (including phenoxy) is 1. The van der Waals surface area contributed by atoms with E-state index in [1.165, 1.54) is 0 Å². The van der Waals surface area contributed by atoms with Gasteiger partial charge in [0.15, 0.2) is 0 Å². The lowest BCUT2D eigenvalue weighted by Gasteiger charge is -2.30. The van der Waals surface area contributed by atoms with E-state index in [0.29, 0.717) is 31.8 Å². The Bertz CT molecular complexity index is 690. The Morgan fingerprint density at radius 2 is 2.04 bits per heavy atom. The lowest BCUT2D eigenvalue weighted by atomic mass is 10.1. The molecule has 0 aromatic heterocycles. The van der Waals surface area contributed by atoms with E-state index in [-0.39, 0.29) is 5.91 Å². The number of para-hydroxylation sites is 1. The number of benzene rings is 2. The third-order valence-corrected chi connectivity index (χ3v) is 4.24. The first kappa shape index (κ1) is 17.3. The minimum Gasteiger partial charge on any atom is -0.492 e. The average molecular weight is 340 g/mol. The van der Waals surface area contributed by atoms with Crippen molar-refractivity contribution in [2.75, 3.05) is 31.6 Å². The van der Waals surface area contributed by atoms with E-state index in [2.05, 4.69) is 5.32 Å². The maximum absolute atomic E-state index is 12.6. The number of amides is 1. The molecule has 0 bridgehead atoms. The second kappa shape index (κ2) is 8.53. The van der Waals surface area contributed by atoms with Crippen molar-refractivity contribution < 1.29 is 14.6 Å². The second-order valence-electron chi connectivity index (χ2n) is 6.22. The van der Waals surface area contributed by atoms with Gasteiger partial charge in [-0.25, -0.2) is 0 Å². The molecule has 25 heavy (non-hydrogen) atoms. The highest BCUT2D eigenvalue weighted by atomic mass is 16.5. The summed E-state index contributed by atoms with van der Waals surface area (Å²) in [5.41, 5.74) is 1.53. The summed E-state index contributed by atoms with van der Waals surface area (Å²) in [4.78, 5) is 14.3. The smallest absolute Gasteiger partial charge is 0.254 e. The van der Waals surface area contributed by atoms with E-state index in [4.69, 9.17) is 4.74 Å². The Labute approximate surface area is 148 Å². The summed E-state index contributed by atoms with van der Waals surface area (Å²) in [5, 5.41) is 13.0. The molecular formula is C20H24N2O3. The van der Waals surface area contributed by atoms with Gasteiger partial charge in [-0.2, -0.15) is 0 Å². The van der Waals surface area contributed by atoms with Crippen molar-refractivity contribution in [3.05, 3.63) is 60.2 Å². The van der Waals surface area contributed by atoms with Crippen molar-refractivity contribution in [3.63, 3.8) is 0 Å². The molecule has 0 saturated carbocycles. The van der Waals surface area contributed by atoms with Gasteiger partial charge in [-0.3, -0.25) is 4.79 Å². The van der Waals surface area contributed by atoms with Crippen LogP contribution in [0.2, 0.25) is 0 Å². The van der Waals surface area contributed by atoms with E-state index in [1.54, 1.807) is 4.90 Å². The molecule has 1 amide bonds. The molecule has 2 N–H and O–H groups in total. The van der Waals surface area contributed by atoms with Crippen molar-refractivity contribution in [2.45, 2.75) is 18.9 Å². The molecule has 3 rings (SSSR count). The van der Waals surface area contributed by atoms with Gasteiger partial charge in [0.05, 0.1) is 6.10 Å². The molecule has 2 aromatic carbocycles. The number of aliphatic hydroxyl groups excluding tert-OH is 1. The predicted molar refractivity (Wildman–Crippen MR) is 98.0 cm³/mol. The first-order valence-corrected chi connectivity index (χ1v) is 8.71. The minimum atomic E-state index is -0.408. The quantitative estimate of drug-likeness (QED) is 0.794. The van der Waals surface area contributed by atoms with Crippen molar-refractivity contribution in [1.29, 1.82) is 0 Å². The van der Waals surface area contributed by atoms with Gasteiger partial charge in [0.25, 0.3) is 5.91 Å². The van der Waals surface area contributed by atoms with E-state index >= 15 is 0 Å². The lowest BCUT2D eigenvalue weighted by molar-refractivity contribution is 0.0474. The fourth-order valence-electron chi connectivity index (χ4n) is 2.96. The van der Waals surface area contributed by atoms with Crippen molar-refractivity contribution in [3.8, 4) is 5.75 Å². The SMILES string of the molecule is O=C(c1cccc(NCCOc2ccccc2)c1)N1CCCC(O)C1. The van der Waals surface area contributed by atoms with Crippen LogP contribution >= 0.6 is 0 Å². The number of hydrogen-bond acceptors (Lipinski definition) is 4. The standard InChI is InChI=1S/C20H24N2O3/c23-18-8-5-12-22(15-18)20(24)16-6-4-7-17(14-16)21-11-13-25-19-9-2-1-3-10-19/h1-4,6-7,9-10,14,18,21,23H,5,8,11-13,15H2. The fourth-order valence-corrected chi connectivity index (χ4v) is 2.96. The third kappa shape index (κ3) is 4.97. The predicted octanol–water partition coefficient (Wildman–Crippen LogP) is 2.77.